The number of hydrogen-bond acceptors (Lipinski definition) is 5. The molecule has 6 nitrogen and oxygen atoms in total. The van der Waals surface area contributed by atoms with E-state index in [1.54, 1.807) is 0 Å². The zero-order chi connectivity index (χ0) is 14.0. The summed E-state index contributed by atoms with van der Waals surface area (Å²) >= 11 is 0. The number of benzene rings is 1. The third-order valence-electron chi connectivity index (χ3n) is 2.76. The number of carboxylic acid groups (broad SMARTS) is 1. The van der Waals surface area contributed by atoms with Crippen LogP contribution in [0, 0.1) is 11.6 Å². The molecule has 2 rings (SSSR count). The summed E-state index contributed by atoms with van der Waals surface area (Å²) in [4.78, 5) is 16.2. The molecule has 2 N–H and O–H groups in total. The second-order valence-electron chi connectivity index (χ2n) is 4.03. The minimum absolute atomic E-state index is 0.200. The number of carbonyl (C=O) groups is 1. The van der Waals surface area contributed by atoms with Crippen molar-refractivity contribution in [3.8, 4) is 5.75 Å². The van der Waals surface area contributed by atoms with E-state index in [1.165, 1.54) is 9.96 Å². The molecule has 0 atom stereocenters. The second-order valence-corrected chi connectivity index (χ2v) is 4.03. The highest BCUT2D eigenvalue weighted by Crippen LogP contribution is 2.28. The molecule has 104 valence electrons. The number of hydrogen-bond donors (Lipinski definition) is 2. The van der Waals surface area contributed by atoms with Gasteiger partial charge in [-0.1, -0.05) is 0 Å². The van der Waals surface area contributed by atoms with Gasteiger partial charge in [-0.25, -0.2) is 13.6 Å². The van der Waals surface area contributed by atoms with Crippen LogP contribution in [0.3, 0.4) is 0 Å². The zero-order valence-corrected chi connectivity index (χ0v) is 9.84. The van der Waals surface area contributed by atoms with Crippen LogP contribution in [0.1, 0.15) is 0 Å². The molecule has 1 aliphatic rings. The maximum atomic E-state index is 13.6. The Morgan fingerprint density at radius 1 is 1.16 bits per heavy atom. The van der Waals surface area contributed by atoms with Crippen molar-refractivity contribution in [2.45, 2.75) is 0 Å². The number of aromatic hydroxyl groups is 1. The SMILES string of the molecule is O=C(O)ON1CCN(c2c(F)cc(O)cc2F)CC1. The van der Waals surface area contributed by atoms with Gasteiger partial charge in [0.15, 0.2) is 11.6 Å². The lowest BCUT2D eigenvalue weighted by molar-refractivity contribution is -0.122. The molecule has 8 heteroatoms. The Labute approximate surface area is 107 Å². The fourth-order valence-corrected chi connectivity index (χ4v) is 1.97. The molecule has 1 fully saturated rings. The summed E-state index contributed by atoms with van der Waals surface area (Å²) in [6, 6.07) is 1.66. The lowest BCUT2D eigenvalue weighted by Crippen LogP contribution is -2.47. The van der Waals surface area contributed by atoms with E-state index >= 15 is 0 Å². The first kappa shape index (κ1) is 13.3. The molecule has 1 heterocycles. The average Bonchev–Trinajstić information content (AvgIpc) is 2.29. The van der Waals surface area contributed by atoms with E-state index in [4.69, 9.17) is 10.2 Å². The summed E-state index contributed by atoms with van der Waals surface area (Å²) in [7, 11) is 0. The number of nitrogens with zero attached hydrogens (tertiary/aromatic N) is 2. The Morgan fingerprint density at radius 2 is 1.68 bits per heavy atom. The summed E-state index contributed by atoms with van der Waals surface area (Å²) < 4.78 is 27.2. The van der Waals surface area contributed by atoms with Gasteiger partial charge in [-0.05, 0) is 0 Å². The van der Waals surface area contributed by atoms with Crippen molar-refractivity contribution < 1.29 is 28.6 Å². The molecule has 1 aliphatic heterocycles. The molecule has 0 amide bonds. The Bertz CT molecular complexity index is 467. The molecule has 1 aromatic rings. The first-order chi connectivity index (χ1) is 8.97. The fourth-order valence-electron chi connectivity index (χ4n) is 1.97. The van der Waals surface area contributed by atoms with Crippen molar-refractivity contribution in [1.29, 1.82) is 0 Å². The van der Waals surface area contributed by atoms with E-state index in [0.717, 1.165) is 12.1 Å². The number of phenols is 1. The van der Waals surface area contributed by atoms with E-state index in [0.29, 0.717) is 0 Å². The molecular formula is C11H12F2N2O4. The Hall–Kier alpha value is -2.09. The third kappa shape index (κ3) is 3.02. The molecule has 1 aromatic carbocycles. The van der Waals surface area contributed by atoms with Gasteiger partial charge in [-0.2, -0.15) is 0 Å². The molecule has 0 unspecified atom stereocenters. The maximum Gasteiger partial charge on any atom is 0.525 e. The molecular weight excluding hydrogens is 262 g/mol. The molecule has 1 saturated heterocycles. The molecule has 0 saturated carbocycles. The van der Waals surface area contributed by atoms with Crippen LogP contribution in [0.15, 0.2) is 12.1 Å². The highest BCUT2D eigenvalue weighted by Gasteiger charge is 2.24. The van der Waals surface area contributed by atoms with E-state index in [1.807, 2.05) is 0 Å². The standard InChI is InChI=1S/C11H12F2N2O4/c12-8-5-7(16)6-9(13)10(8)14-1-3-15(4-2-14)19-11(17)18/h5-6,16H,1-4H2,(H,17,18). The van der Waals surface area contributed by atoms with Crippen LogP contribution >= 0.6 is 0 Å². The van der Waals surface area contributed by atoms with Gasteiger partial charge in [0.25, 0.3) is 0 Å². The zero-order valence-electron chi connectivity index (χ0n) is 9.84. The highest BCUT2D eigenvalue weighted by molar-refractivity contribution is 5.56. The number of phenolic OH excluding ortho intramolecular Hbond substituents is 1. The number of piperazine rings is 1. The molecule has 0 spiro atoms. The van der Waals surface area contributed by atoms with Gasteiger partial charge >= 0.3 is 6.16 Å². The summed E-state index contributed by atoms with van der Waals surface area (Å²) in [5, 5.41) is 18.7. The molecule has 19 heavy (non-hydrogen) atoms. The average molecular weight is 274 g/mol. The number of hydroxylamine groups is 2. The van der Waals surface area contributed by atoms with Crippen molar-refractivity contribution in [3.05, 3.63) is 23.8 Å². The Balaban J connectivity index is 2.08. The monoisotopic (exact) mass is 274 g/mol. The highest BCUT2D eigenvalue weighted by atomic mass is 19.1. The van der Waals surface area contributed by atoms with E-state index < -0.39 is 23.5 Å². The number of rotatable bonds is 2. The normalized spacial score (nSPS) is 16.4. The first-order valence-electron chi connectivity index (χ1n) is 5.56. The van der Waals surface area contributed by atoms with Gasteiger partial charge in [0.05, 0.1) is 13.1 Å². The molecule has 0 aliphatic carbocycles. The summed E-state index contributed by atoms with van der Waals surface area (Å²) in [5.41, 5.74) is -0.229. The van der Waals surface area contributed by atoms with Crippen molar-refractivity contribution in [2.24, 2.45) is 0 Å². The smallest absolute Gasteiger partial charge is 0.508 e. The van der Waals surface area contributed by atoms with Gasteiger partial charge in [0.1, 0.15) is 11.4 Å². The lowest BCUT2D eigenvalue weighted by Gasteiger charge is -2.34. The lowest BCUT2D eigenvalue weighted by atomic mass is 10.2. The molecule has 0 aromatic heterocycles. The molecule has 0 radical (unpaired) electrons. The molecule has 0 bridgehead atoms. The van der Waals surface area contributed by atoms with Crippen LogP contribution in [0.25, 0.3) is 0 Å². The van der Waals surface area contributed by atoms with Gasteiger partial charge < -0.3 is 20.0 Å². The second kappa shape index (κ2) is 5.27. The summed E-state index contributed by atoms with van der Waals surface area (Å²) in [6.45, 7) is 0.829. The van der Waals surface area contributed by atoms with Crippen LogP contribution in [0.5, 0.6) is 5.75 Å². The van der Waals surface area contributed by atoms with Crippen molar-refractivity contribution in [3.63, 3.8) is 0 Å². The predicted molar refractivity (Wildman–Crippen MR) is 60.9 cm³/mol. The topological polar surface area (TPSA) is 73.2 Å². The van der Waals surface area contributed by atoms with Crippen LogP contribution in [0.2, 0.25) is 0 Å². The van der Waals surface area contributed by atoms with Crippen LogP contribution in [-0.4, -0.2) is 47.6 Å². The van der Waals surface area contributed by atoms with Gasteiger partial charge in [0.2, 0.25) is 0 Å². The minimum atomic E-state index is -1.42. The van der Waals surface area contributed by atoms with Gasteiger partial charge in [-0.15, -0.1) is 5.06 Å². The largest absolute Gasteiger partial charge is 0.525 e. The van der Waals surface area contributed by atoms with Crippen LogP contribution in [0.4, 0.5) is 19.3 Å². The first-order valence-corrected chi connectivity index (χ1v) is 5.56. The van der Waals surface area contributed by atoms with Gasteiger partial charge in [0, 0.05) is 25.2 Å². The quantitative estimate of drug-likeness (QED) is 0.849. The van der Waals surface area contributed by atoms with Crippen molar-refractivity contribution >= 4 is 11.8 Å². The number of anilines is 1. The maximum absolute atomic E-state index is 13.6. The fraction of sp³-hybridized carbons (Fsp3) is 0.364. The van der Waals surface area contributed by atoms with E-state index in [2.05, 4.69) is 4.84 Å². The third-order valence-corrected chi connectivity index (χ3v) is 2.76. The predicted octanol–water partition coefficient (Wildman–Crippen LogP) is 1.40. The minimum Gasteiger partial charge on any atom is -0.508 e. The van der Waals surface area contributed by atoms with Crippen LogP contribution in [-0.2, 0) is 4.84 Å². The van der Waals surface area contributed by atoms with Crippen molar-refractivity contribution in [2.75, 3.05) is 31.1 Å². The Morgan fingerprint density at radius 3 is 2.16 bits per heavy atom. The summed E-state index contributed by atoms with van der Waals surface area (Å²) in [6.07, 6.45) is -1.42. The van der Waals surface area contributed by atoms with E-state index in [-0.39, 0.29) is 31.9 Å². The van der Waals surface area contributed by atoms with Gasteiger partial charge in [-0.3, -0.25) is 0 Å². The van der Waals surface area contributed by atoms with Crippen LogP contribution < -0.4 is 4.90 Å². The van der Waals surface area contributed by atoms with E-state index in [9.17, 15) is 13.6 Å². The summed E-state index contributed by atoms with van der Waals surface area (Å²) in [5.74, 6) is -2.19. The van der Waals surface area contributed by atoms with Crippen molar-refractivity contribution in [1.82, 2.24) is 5.06 Å². The Kier molecular flexibility index (Phi) is 3.70. The number of halogens is 2.